The molecule has 58 valence electrons. The highest BCUT2D eigenvalue weighted by Gasteiger charge is 2.22. The normalized spacial score (nSPS) is 25.4. The van der Waals surface area contributed by atoms with Crippen LogP contribution in [0.3, 0.4) is 0 Å². The summed E-state index contributed by atoms with van der Waals surface area (Å²) in [5, 5.41) is 0.354. The lowest BCUT2D eigenvalue weighted by atomic mass is 10.4. The van der Waals surface area contributed by atoms with Crippen molar-refractivity contribution >= 4 is 30.1 Å². The van der Waals surface area contributed by atoms with Gasteiger partial charge in [-0.25, -0.2) is 0 Å². The summed E-state index contributed by atoms with van der Waals surface area (Å²) in [7, 11) is 0. The van der Waals surface area contributed by atoms with Crippen LogP contribution in [0.1, 0.15) is 6.42 Å². The molecule has 0 aliphatic carbocycles. The van der Waals surface area contributed by atoms with E-state index in [1.807, 2.05) is 0 Å². The number of carbonyl (C=O) groups excluding carboxylic acids is 1. The Morgan fingerprint density at radius 1 is 1.80 bits per heavy atom. The Balaban J connectivity index is 2.37. The zero-order valence-corrected chi connectivity index (χ0v) is 7.24. The molecule has 0 aromatic heterocycles. The lowest BCUT2D eigenvalue weighted by Crippen LogP contribution is -2.29. The number of rotatable bonds is 1. The Morgan fingerprint density at radius 2 is 2.50 bits per heavy atom. The molecular weight excluding hydrogens is 170 g/mol. The zero-order chi connectivity index (χ0) is 7.56. The number of hydrogen-bond acceptors (Lipinski definition) is 2. The van der Waals surface area contributed by atoms with Crippen LogP contribution in [0.2, 0.25) is 0 Å². The highest BCUT2D eigenvalue weighted by molar-refractivity contribution is 7.81. The molecule has 1 heterocycles. The van der Waals surface area contributed by atoms with Crippen LogP contribution < -0.4 is 0 Å². The molecule has 1 atom stereocenters. The van der Waals surface area contributed by atoms with Gasteiger partial charge in [0.1, 0.15) is 5.88 Å². The number of alkyl halides is 1. The predicted octanol–water partition coefficient (Wildman–Crippen LogP) is 0.756. The molecule has 1 aliphatic heterocycles. The Labute approximate surface area is 70.9 Å². The van der Waals surface area contributed by atoms with Crippen LogP contribution in [0.5, 0.6) is 0 Å². The molecule has 2 nitrogen and oxygen atoms in total. The van der Waals surface area contributed by atoms with Gasteiger partial charge < -0.3 is 4.90 Å². The molecule has 0 spiro atoms. The van der Waals surface area contributed by atoms with E-state index in [4.69, 9.17) is 11.6 Å². The van der Waals surface area contributed by atoms with Gasteiger partial charge in [-0.3, -0.25) is 4.79 Å². The summed E-state index contributed by atoms with van der Waals surface area (Å²) < 4.78 is 0. The number of hydrogen-bond donors (Lipinski definition) is 1. The summed E-state index contributed by atoms with van der Waals surface area (Å²) >= 11 is 9.61. The number of thiol groups is 1. The first kappa shape index (κ1) is 8.21. The molecule has 0 saturated carbocycles. The quantitative estimate of drug-likeness (QED) is 0.466. The monoisotopic (exact) mass is 179 g/mol. The second kappa shape index (κ2) is 3.49. The molecule has 1 amide bonds. The molecule has 0 aromatic carbocycles. The van der Waals surface area contributed by atoms with Crippen LogP contribution >= 0.6 is 24.2 Å². The highest BCUT2D eigenvalue weighted by Crippen LogP contribution is 2.14. The Bertz CT molecular complexity index is 142. The molecule has 1 rings (SSSR count). The van der Waals surface area contributed by atoms with E-state index in [2.05, 4.69) is 12.6 Å². The summed E-state index contributed by atoms with van der Waals surface area (Å²) in [5.74, 6) is 0.124. The second-order valence-corrected chi connectivity index (χ2v) is 3.41. The van der Waals surface area contributed by atoms with E-state index in [0.717, 1.165) is 19.5 Å². The van der Waals surface area contributed by atoms with Crippen LogP contribution in [0.4, 0.5) is 0 Å². The topological polar surface area (TPSA) is 20.3 Å². The van der Waals surface area contributed by atoms with Gasteiger partial charge in [0.05, 0.1) is 0 Å². The first-order valence-corrected chi connectivity index (χ1v) is 4.31. The van der Waals surface area contributed by atoms with E-state index < -0.39 is 0 Å². The van der Waals surface area contributed by atoms with Crippen LogP contribution in [0.25, 0.3) is 0 Å². The average molecular weight is 180 g/mol. The molecule has 0 N–H and O–H groups in total. The number of halogens is 1. The fraction of sp³-hybridized carbons (Fsp3) is 0.833. The maximum Gasteiger partial charge on any atom is 0.237 e. The standard InChI is InChI=1S/C6H10ClNOS/c7-3-6(9)8-2-1-5(10)4-8/h5,10H,1-4H2. The third-order valence-corrected chi connectivity index (χ3v) is 2.28. The Kier molecular flexibility index (Phi) is 2.86. The zero-order valence-electron chi connectivity index (χ0n) is 5.59. The fourth-order valence-electron chi connectivity index (χ4n) is 1.05. The lowest BCUT2D eigenvalue weighted by molar-refractivity contribution is -0.127. The van der Waals surface area contributed by atoms with Gasteiger partial charge in [0, 0.05) is 18.3 Å². The van der Waals surface area contributed by atoms with Crippen molar-refractivity contribution < 1.29 is 4.79 Å². The van der Waals surface area contributed by atoms with Crippen molar-refractivity contribution in [3.8, 4) is 0 Å². The number of amides is 1. The third-order valence-electron chi connectivity index (χ3n) is 1.63. The van der Waals surface area contributed by atoms with Gasteiger partial charge in [0.2, 0.25) is 5.91 Å². The summed E-state index contributed by atoms with van der Waals surface area (Å²) in [6.07, 6.45) is 0.992. The average Bonchev–Trinajstić information content (AvgIpc) is 2.34. The first-order valence-electron chi connectivity index (χ1n) is 3.26. The molecule has 1 fully saturated rings. The lowest BCUT2D eigenvalue weighted by Gasteiger charge is -2.12. The predicted molar refractivity (Wildman–Crippen MR) is 44.7 cm³/mol. The van der Waals surface area contributed by atoms with Gasteiger partial charge >= 0.3 is 0 Å². The smallest absolute Gasteiger partial charge is 0.237 e. The van der Waals surface area contributed by atoms with Crippen molar-refractivity contribution in [2.24, 2.45) is 0 Å². The van der Waals surface area contributed by atoms with Crippen LogP contribution in [0, 0.1) is 0 Å². The Morgan fingerprint density at radius 3 is 2.90 bits per heavy atom. The van der Waals surface area contributed by atoms with Crippen molar-refractivity contribution in [1.29, 1.82) is 0 Å². The summed E-state index contributed by atoms with van der Waals surface area (Å²) in [5.41, 5.74) is 0. The minimum Gasteiger partial charge on any atom is -0.341 e. The molecular formula is C6H10ClNOS. The van der Waals surface area contributed by atoms with E-state index in [1.165, 1.54) is 0 Å². The molecule has 0 bridgehead atoms. The molecule has 10 heavy (non-hydrogen) atoms. The minimum atomic E-state index is 0.0261. The fourth-order valence-corrected chi connectivity index (χ4v) is 1.53. The Hall–Kier alpha value is 0.110. The molecule has 1 saturated heterocycles. The van der Waals surface area contributed by atoms with Crippen LogP contribution in [0.15, 0.2) is 0 Å². The summed E-state index contributed by atoms with van der Waals surface area (Å²) in [4.78, 5) is 12.7. The van der Waals surface area contributed by atoms with Gasteiger partial charge in [-0.2, -0.15) is 12.6 Å². The van der Waals surface area contributed by atoms with Crippen molar-refractivity contribution in [2.75, 3.05) is 19.0 Å². The molecule has 4 heteroatoms. The van der Waals surface area contributed by atoms with Crippen molar-refractivity contribution in [3.05, 3.63) is 0 Å². The molecule has 1 unspecified atom stereocenters. The van der Waals surface area contributed by atoms with Gasteiger partial charge in [0.25, 0.3) is 0 Å². The summed E-state index contributed by atoms with van der Waals surface area (Å²) in [6, 6.07) is 0. The van der Waals surface area contributed by atoms with Crippen LogP contribution in [-0.2, 0) is 4.79 Å². The minimum absolute atomic E-state index is 0.0261. The largest absolute Gasteiger partial charge is 0.341 e. The second-order valence-electron chi connectivity index (χ2n) is 2.42. The summed E-state index contributed by atoms with van der Waals surface area (Å²) in [6.45, 7) is 1.58. The highest BCUT2D eigenvalue weighted by atomic mass is 35.5. The van der Waals surface area contributed by atoms with Crippen molar-refractivity contribution in [1.82, 2.24) is 4.90 Å². The van der Waals surface area contributed by atoms with Crippen molar-refractivity contribution in [2.45, 2.75) is 11.7 Å². The third kappa shape index (κ3) is 1.80. The maximum absolute atomic E-state index is 10.9. The van der Waals surface area contributed by atoms with Gasteiger partial charge in [-0.1, -0.05) is 0 Å². The molecule has 1 aliphatic rings. The van der Waals surface area contributed by atoms with Crippen molar-refractivity contribution in [3.63, 3.8) is 0 Å². The molecule has 0 aromatic rings. The maximum atomic E-state index is 10.9. The van der Waals surface area contributed by atoms with Crippen LogP contribution in [-0.4, -0.2) is 35.0 Å². The number of likely N-dealkylation sites (tertiary alicyclic amines) is 1. The van der Waals surface area contributed by atoms with E-state index in [-0.39, 0.29) is 11.8 Å². The van der Waals surface area contributed by atoms with Gasteiger partial charge in [-0.05, 0) is 6.42 Å². The first-order chi connectivity index (χ1) is 4.74. The number of nitrogens with zero attached hydrogens (tertiary/aromatic N) is 1. The SMILES string of the molecule is O=C(CCl)N1CCC(S)C1. The number of carbonyl (C=O) groups is 1. The van der Waals surface area contributed by atoms with E-state index in [1.54, 1.807) is 4.90 Å². The van der Waals surface area contributed by atoms with Gasteiger partial charge in [-0.15, -0.1) is 11.6 Å². The van der Waals surface area contributed by atoms with E-state index in [9.17, 15) is 4.79 Å². The van der Waals surface area contributed by atoms with Gasteiger partial charge in [0.15, 0.2) is 0 Å². The molecule has 0 radical (unpaired) electrons. The van der Waals surface area contributed by atoms with E-state index in [0.29, 0.717) is 5.25 Å². The van der Waals surface area contributed by atoms with E-state index >= 15 is 0 Å².